The minimum Gasteiger partial charge on any atom is -0.496 e. The SMILES string of the molecule is COc1cc(Cl)ccc1CN=C(N)Nc1ccc(OC)c(OC)c1.I. The van der Waals surface area contributed by atoms with Gasteiger partial charge in [0.1, 0.15) is 5.75 Å². The fraction of sp³-hybridized carbons (Fsp3) is 0.235. The van der Waals surface area contributed by atoms with Gasteiger partial charge in [-0.3, -0.25) is 0 Å². The normalized spacial score (nSPS) is 10.6. The molecule has 0 aliphatic rings. The van der Waals surface area contributed by atoms with Crippen molar-refractivity contribution >= 4 is 47.2 Å². The molecule has 0 fully saturated rings. The molecule has 2 aromatic carbocycles. The summed E-state index contributed by atoms with van der Waals surface area (Å²) in [6.45, 7) is 0.368. The van der Waals surface area contributed by atoms with Gasteiger partial charge in [-0.2, -0.15) is 0 Å². The van der Waals surface area contributed by atoms with Gasteiger partial charge in [-0.15, -0.1) is 24.0 Å². The summed E-state index contributed by atoms with van der Waals surface area (Å²) in [5, 5.41) is 3.62. The van der Waals surface area contributed by atoms with Crippen molar-refractivity contribution in [3.8, 4) is 17.2 Å². The third-order valence-corrected chi connectivity index (χ3v) is 3.56. The Morgan fingerprint density at radius 3 is 2.32 bits per heavy atom. The third-order valence-electron chi connectivity index (χ3n) is 3.32. The van der Waals surface area contributed by atoms with Crippen molar-refractivity contribution in [1.29, 1.82) is 0 Å². The first kappa shape index (κ1) is 21.2. The molecule has 0 unspecified atom stereocenters. The standard InChI is InChI=1S/C17H20ClN3O3.HI/c1-22-14-7-6-13(9-16(14)24-3)21-17(19)20-10-11-4-5-12(18)8-15(11)23-2;/h4-9H,10H2,1-3H3,(H3,19,20,21);1H. The third kappa shape index (κ3) is 5.86. The van der Waals surface area contributed by atoms with E-state index >= 15 is 0 Å². The molecule has 0 aliphatic carbocycles. The van der Waals surface area contributed by atoms with Crippen LogP contribution in [0.5, 0.6) is 17.2 Å². The first-order chi connectivity index (χ1) is 11.6. The van der Waals surface area contributed by atoms with E-state index in [9.17, 15) is 0 Å². The van der Waals surface area contributed by atoms with Crippen LogP contribution in [-0.2, 0) is 6.54 Å². The fourth-order valence-corrected chi connectivity index (χ4v) is 2.28. The Kier molecular flexibility index (Phi) is 8.64. The van der Waals surface area contributed by atoms with Crippen molar-refractivity contribution in [3.63, 3.8) is 0 Å². The predicted octanol–water partition coefficient (Wildman–Crippen LogP) is 3.91. The fourth-order valence-electron chi connectivity index (χ4n) is 2.12. The summed E-state index contributed by atoms with van der Waals surface area (Å²) in [5.74, 6) is 2.20. The van der Waals surface area contributed by atoms with Crippen molar-refractivity contribution in [2.75, 3.05) is 26.6 Å². The summed E-state index contributed by atoms with van der Waals surface area (Å²) in [4.78, 5) is 4.31. The predicted molar refractivity (Wildman–Crippen MR) is 112 cm³/mol. The zero-order valence-electron chi connectivity index (χ0n) is 14.2. The Bertz CT molecular complexity index is 741. The molecule has 0 atom stereocenters. The van der Waals surface area contributed by atoms with E-state index in [1.807, 2.05) is 12.1 Å². The molecule has 0 aliphatic heterocycles. The number of halogens is 2. The van der Waals surface area contributed by atoms with E-state index in [-0.39, 0.29) is 29.9 Å². The highest BCUT2D eigenvalue weighted by Gasteiger charge is 2.06. The Hall–Kier alpha value is -1.87. The molecule has 0 amide bonds. The summed E-state index contributed by atoms with van der Waals surface area (Å²) in [5.41, 5.74) is 7.57. The molecular weight excluding hydrogens is 457 g/mol. The van der Waals surface area contributed by atoms with E-state index in [0.717, 1.165) is 11.3 Å². The number of hydrogen-bond donors (Lipinski definition) is 2. The number of guanidine groups is 1. The van der Waals surface area contributed by atoms with Crippen LogP contribution in [0.25, 0.3) is 0 Å². The highest BCUT2D eigenvalue weighted by molar-refractivity contribution is 14.0. The van der Waals surface area contributed by atoms with E-state index in [1.165, 1.54) is 0 Å². The van der Waals surface area contributed by atoms with Crippen LogP contribution in [0.3, 0.4) is 0 Å². The first-order valence-electron chi connectivity index (χ1n) is 7.18. The molecule has 8 heteroatoms. The summed E-state index contributed by atoms with van der Waals surface area (Å²) < 4.78 is 15.7. The number of nitrogens with one attached hydrogen (secondary N) is 1. The lowest BCUT2D eigenvalue weighted by Crippen LogP contribution is -2.22. The average Bonchev–Trinajstić information content (AvgIpc) is 2.60. The number of hydrogen-bond acceptors (Lipinski definition) is 4. The van der Waals surface area contributed by atoms with Crippen LogP contribution in [0.1, 0.15) is 5.56 Å². The summed E-state index contributed by atoms with van der Waals surface area (Å²) >= 11 is 5.94. The van der Waals surface area contributed by atoms with Crippen molar-refractivity contribution in [3.05, 3.63) is 47.0 Å². The number of nitrogens with zero attached hydrogens (tertiary/aromatic N) is 1. The van der Waals surface area contributed by atoms with Crippen LogP contribution in [0.2, 0.25) is 5.02 Å². The van der Waals surface area contributed by atoms with Crippen LogP contribution in [-0.4, -0.2) is 27.3 Å². The Morgan fingerprint density at radius 1 is 1.00 bits per heavy atom. The van der Waals surface area contributed by atoms with Gasteiger partial charge in [-0.05, 0) is 24.3 Å². The van der Waals surface area contributed by atoms with E-state index in [4.69, 9.17) is 31.5 Å². The molecule has 0 heterocycles. The maximum Gasteiger partial charge on any atom is 0.193 e. The lowest BCUT2D eigenvalue weighted by molar-refractivity contribution is 0.355. The van der Waals surface area contributed by atoms with Crippen molar-refractivity contribution < 1.29 is 14.2 Å². The molecule has 0 spiro atoms. The number of rotatable bonds is 6. The monoisotopic (exact) mass is 477 g/mol. The maximum absolute atomic E-state index is 5.94. The quantitative estimate of drug-likeness (QED) is 0.375. The second-order valence-electron chi connectivity index (χ2n) is 4.85. The lowest BCUT2D eigenvalue weighted by Gasteiger charge is -2.11. The van der Waals surface area contributed by atoms with E-state index in [2.05, 4.69) is 10.3 Å². The van der Waals surface area contributed by atoms with Crippen molar-refractivity contribution in [2.24, 2.45) is 10.7 Å². The zero-order chi connectivity index (χ0) is 17.5. The van der Waals surface area contributed by atoms with Gasteiger partial charge in [0, 0.05) is 22.3 Å². The van der Waals surface area contributed by atoms with Gasteiger partial charge in [-0.1, -0.05) is 17.7 Å². The topological polar surface area (TPSA) is 78.1 Å². The largest absolute Gasteiger partial charge is 0.496 e. The summed E-state index contributed by atoms with van der Waals surface area (Å²) in [6.07, 6.45) is 0. The van der Waals surface area contributed by atoms with Gasteiger partial charge in [0.15, 0.2) is 17.5 Å². The van der Waals surface area contributed by atoms with Crippen molar-refractivity contribution in [2.45, 2.75) is 6.54 Å². The van der Waals surface area contributed by atoms with Crippen molar-refractivity contribution in [1.82, 2.24) is 0 Å². The summed E-state index contributed by atoms with van der Waals surface area (Å²) in [6, 6.07) is 10.8. The molecule has 2 aromatic rings. The molecule has 136 valence electrons. The second-order valence-corrected chi connectivity index (χ2v) is 5.29. The highest BCUT2D eigenvalue weighted by atomic mass is 127. The van der Waals surface area contributed by atoms with Gasteiger partial charge in [0.25, 0.3) is 0 Å². The van der Waals surface area contributed by atoms with Gasteiger partial charge in [0.05, 0.1) is 27.9 Å². The Balaban J connectivity index is 0.00000312. The van der Waals surface area contributed by atoms with Crippen LogP contribution >= 0.6 is 35.6 Å². The Labute approximate surface area is 169 Å². The lowest BCUT2D eigenvalue weighted by atomic mass is 10.2. The molecule has 3 N–H and O–H groups in total. The molecular formula is C17H21ClIN3O3. The summed E-state index contributed by atoms with van der Waals surface area (Å²) in [7, 11) is 4.75. The zero-order valence-corrected chi connectivity index (χ0v) is 17.3. The van der Waals surface area contributed by atoms with Crippen LogP contribution in [0.15, 0.2) is 41.4 Å². The van der Waals surface area contributed by atoms with E-state index in [1.54, 1.807) is 45.6 Å². The molecule has 0 saturated carbocycles. The van der Waals surface area contributed by atoms with E-state index < -0.39 is 0 Å². The minimum atomic E-state index is 0. The molecule has 0 saturated heterocycles. The number of ether oxygens (including phenoxy) is 3. The number of anilines is 1. The Morgan fingerprint density at radius 2 is 1.68 bits per heavy atom. The van der Waals surface area contributed by atoms with Gasteiger partial charge in [-0.25, -0.2) is 4.99 Å². The molecule has 0 bridgehead atoms. The minimum absolute atomic E-state index is 0. The average molecular weight is 478 g/mol. The number of nitrogens with two attached hydrogens (primary N) is 1. The second kappa shape index (κ2) is 10.2. The van der Waals surface area contributed by atoms with E-state index in [0.29, 0.717) is 28.8 Å². The molecule has 6 nitrogen and oxygen atoms in total. The van der Waals surface area contributed by atoms with Crippen LogP contribution < -0.4 is 25.3 Å². The van der Waals surface area contributed by atoms with Gasteiger partial charge in [0.2, 0.25) is 0 Å². The maximum atomic E-state index is 5.94. The molecule has 2 rings (SSSR count). The number of methoxy groups -OCH3 is 3. The molecule has 25 heavy (non-hydrogen) atoms. The van der Waals surface area contributed by atoms with Crippen LogP contribution in [0.4, 0.5) is 5.69 Å². The van der Waals surface area contributed by atoms with Gasteiger partial charge >= 0.3 is 0 Å². The van der Waals surface area contributed by atoms with Gasteiger partial charge < -0.3 is 25.3 Å². The number of aliphatic imine (C=N–C) groups is 1. The molecule has 0 aromatic heterocycles. The highest BCUT2D eigenvalue weighted by Crippen LogP contribution is 2.29. The number of benzene rings is 2. The van der Waals surface area contributed by atoms with Crippen LogP contribution in [0, 0.1) is 0 Å². The molecule has 0 radical (unpaired) electrons. The smallest absolute Gasteiger partial charge is 0.193 e. The first-order valence-corrected chi connectivity index (χ1v) is 7.56.